The van der Waals surface area contributed by atoms with Crippen LogP contribution in [-0.4, -0.2) is 19.4 Å². The predicted octanol–water partition coefficient (Wildman–Crippen LogP) is 5.17. The van der Waals surface area contributed by atoms with E-state index in [0.717, 1.165) is 23.4 Å². The van der Waals surface area contributed by atoms with Crippen molar-refractivity contribution in [3.8, 4) is 5.75 Å². The van der Waals surface area contributed by atoms with E-state index in [-0.39, 0.29) is 11.7 Å². The molecular formula is C24H21NO2. The maximum Gasteiger partial charge on any atom is 0.161 e. The molecule has 3 heteroatoms. The van der Waals surface area contributed by atoms with Crippen LogP contribution in [0.3, 0.4) is 0 Å². The zero-order valence-corrected chi connectivity index (χ0v) is 15.3. The van der Waals surface area contributed by atoms with Crippen LogP contribution >= 0.6 is 0 Å². The van der Waals surface area contributed by atoms with Crippen LogP contribution in [0.1, 0.15) is 29.9 Å². The van der Waals surface area contributed by atoms with E-state index in [4.69, 9.17) is 4.74 Å². The molecule has 0 saturated carbocycles. The highest BCUT2D eigenvalue weighted by Gasteiger charge is 2.33. The molecule has 27 heavy (non-hydrogen) atoms. The monoisotopic (exact) mass is 355 g/mol. The highest BCUT2D eigenvalue weighted by molar-refractivity contribution is 6.12. The molecule has 1 atom stereocenters. The third kappa shape index (κ3) is 2.62. The van der Waals surface area contributed by atoms with Gasteiger partial charge in [-0.15, -0.1) is 0 Å². The Kier molecular flexibility index (Phi) is 3.75. The smallest absolute Gasteiger partial charge is 0.161 e. The fourth-order valence-electron chi connectivity index (χ4n) is 4.45. The van der Waals surface area contributed by atoms with E-state index in [1.165, 1.54) is 27.5 Å². The molecule has 3 aromatic carbocycles. The number of benzene rings is 3. The Balaban J connectivity index is 1.62. The summed E-state index contributed by atoms with van der Waals surface area (Å²) in [5.74, 6) is 1.33. The third-order valence-electron chi connectivity index (χ3n) is 5.86. The summed E-state index contributed by atoms with van der Waals surface area (Å²) in [5.41, 5.74) is 5.73. The molecule has 1 aliphatic heterocycles. The summed E-state index contributed by atoms with van der Waals surface area (Å²) in [5, 5.41) is 5.89. The SMILES string of the molecule is COc1ccc(C2CC(=O)C3=C(C2)c2c(ccc4ccccc24)NC3)cc1. The van der Waals surface area contributed by atoms with Crippen molar-refractivity contribution in [2.45, 2.75) is 18.8 Å². The van der Waals surface area contributed by atoms with E-state index in [1.54, 1.807) is 7.11 Å². The van der Waals surface area contributed by atoms with Crippen LogP contribution in [0.2, 0.25) is 0 Å². The number of hydrogen-bond donors (Lipinski definition) is 1. The number of carbonyl (C=O) groups is 1. The van der Waals surface area contributed by atoms with Crippen molar-refractivity contribution in [2.75, 3.05) is 19.0 Å². The lowest BCUT2D eigenvalue weighted by Gasteiger charge is -2.32. The number of carbonyl (C=O) groups excluding carboxylic acids is 1. The van der Waals surface area contributed by atoms with E-state index in [2.05, 4.69) is 53.8 Å². The molecule has 0 aromatic heterocycles. The highest BCUT2D eigenvalue weighted by atomic mass is 16.5. The Morgan fingerprint density at radius 3 is 2.56 bits per heavy atom. The van der Waals surface area contributed by atoms with Crippen LogP contribution in [-0.2, 0) is 4.79 Å². The maximum absolute atomic E-state index is 13.0. The molecule has 0 saturated heterocycles. The van der Waals surface area contributed by atoms with Gasteiger partial charge in [-0.3, -0.25) is 4.79 Å². The Hall–Kier alpha value is -3.07. The number of anilines is 1. The first-order chi connectivity index (χ1) is 13.2. The highest BCUT2D eigenvalue weighted by Crippen LogP contribution is 2.46. The zero-order chi connectivity index (χ0) is 18.4. The van der Waals surface area contributed by atoms with Crippen molar-refractivity contribution in [3.63, 3.8) is 0 Å². The molecule has 0 amide bonds. The molecule has 1 heterocycles. The fraction of sp³-hybridized carbons (Fsp3) is 0.208. The average Bonchev–Trinajstić information content (AvgIpc) is 2.73. The Labute approximate surface area is 158 Å². The molecule has 134 valence electrons. The largest absolute Gasteiger partial charge is 0.497 e. The van der Waals surface area contributed by atoms with Gasteiger partial charge < -0.3 is 10.1 Å². The van der Waals surface area contributed by atoms with Crippen LogP contribution in [0.15, 0.2) is 66.2 Å². The maximum atomic E-state index is 13.0. The minimum Gasteiger partial charge on any atom is -0.497 e. The second kappa shape index (κ2) is 6.27. The van der Waals surface area contributed by atoms with E-state index in [9.17, 15) is 4.79 Å². The average molecular weight is 355 g/mol. The summed E-state index contributed by atoms with van der Waals surface area (Å²) < 4.78 is 5.27. The Bertz CT molecular complexity index is 1080. The number of nitrogens with one attached hydrogen (secondary N) is 1. The molecule has 0 radical (unpaired) electrons. The van der Waals surface area contributed by atoms with Gasteiger partial charge in [0, 0.05) is 29.8 Å². The molecule has 1 aliphatic carbocycles. The van der Waals surface area contributed by atoms with E-state index in [0.29, 0.717) is 13.0 Å². The molecule has 1 unspecified atom stereocenters. The van der Waals surface area contributed by atoms with Crippen LogP contribution in [0, 0.1) is 0 Å². The van der Waals surface area contributed by atoms with Crippen molar-refractivity contribution < 1.29 is 9.53 Å². The summed E-state index contributed by atoms with van der Waals surface area (Å²) in [7, 11) is 1.67. The number of hydrogen-bond acceptors (Lipinski definition) is 3. The zero-order valence-electron chi connectivity index (χ0n) is 15.3. The number of methoxy groups -OCH3 is 1. The summed E-state index contributed by atoms with van der Waals surface area (Å²) >= 11 is 0. The number of rotatable bonds is 2. The topological polar surface area (TPSA) is 38.3 Å². The van der Waals surface area contributed by atoms with Crippen molar-refractivity contribution in [1.82, 2.24) is 0 Å². The van der Waals surface area contributed by atoms with Crippen LogP contribution in [0.4, 0.5) is 5.69 Å². The molecule has 5 rings (SSSR count). The molecule has 0 bridgehead atoms. The summed E-state index contributed by atoms with van der Waals surface area (Å²) in [6, 6.07) is 20.9. The molecule has 3 nitrogen and oxygen atoms in total. The standard InChI is InChI=1S/C24H21NO2/c1-27-18-9-6-15(7-10-18)17-12-20-21(23(26)13-17)14-25-22-11-8-16-4-2-3-5-19(16)24(20)22/h2-11,17,25H,12-14H2,1H3. The van der Waals surface area contributed by atoms with Crippen LogP contribution in [0.5, 0.6) is 5.75 Å². The first kappa shape index (κ1) is 16.1. The second-order valence-electron chi connectivity index (χ2n) is 7.32. The van der Waals surface area contributed by atoms with Gasteiger partial charge in [0.25, 0.3) is 0 Å². The number of ketones is 1. The first-order valence-corrected chi connectivity index (χ1v) is 9.40. The summed E-state index contributed by atoms with van der Waals surface area (Å²) in [6.45, 7) is 0.634. The quantitative estimate of drug-likeness (QED) is 0.689. The Morgan fingerprint density at radius 1 is 0.926 bits per heavy atom. The molecule has 0 fully saturated rings. The summed E-state index contributed by atoms with van der Waals surface area (Å²) in [6.07, 6.45) is 1.48. The number of ether oxygens (including phenoxy) is 1. The minimum atomic E-state index is 0.215. The first-order valence-electron chi connectivity index (χ1n) is 9.40. The van der Waals surface area contributed by atoms with Crippen molar-refractivity contribution in [3.05, 3.63) is 77.4 Å². The van der Waals surface area contributed by atoms with Crippen molar-refractivity contribution in [1.29, 1.82) is 0 Å². The van der Waals surface area contributed by atoms with Gasteiger partial charge in [0.05, 0.1) is 7.11 Å². The number of allylic oxidation sites excluding steroid dienone is 1. The number of Topliss-reactive ketones (excluding diaryl/α,β-unsaturated/α-hetero) is 1. The van der Waals surface area contributed by atoms with Crippen molar-refractivity contribution in [2.24, 2.45) is 0 Å². The molecular weight excluding hydrogens is 334 g/mol. The van der Waals surface area contributed by atoms with Crippen molar-refractivity contribution >= 4 is 27.8 Å². The third-order valence-corrected chi connectivity index (χ3v) is 5.86. The lowest BCUT2D eigenvalue weighted by molar-refractivity contribution is -0.116. The van der Waals surface area contributed by atoms with E-state index < -0.39 is 0 Å². The lowest BCUT2D eigenvalue weighted by Crippen LogP contribution is -2.26. The molecule has 2 aliphatic rings. The van der Waals surface area contributed by atoms with Gasteiger partial charge in [0.15, 0.2) is 5.78 Å². The van der Waals surface area contributed by atoms with Crippen LogP contribution in [0.25, 0.3) is 16.3 Å². The molecule has 3 aromatic rings. The van der Waals surface area contributed by atoms with Gasteiger partial charge >= 0.3 is 0 Å². The minimum absolute atomic E-state index is 0.215. The molecule has 1 N–H and O–H groups in total. The molecule has 0 spiro atoms. The lowest BCUT2D eigenvalue weighted by atomic mass is 9.75. The normalized spacial score (nSPS) is 18.7. The van der Waals surface area contributed by atoms with Gasteiger partial charge in [-0.1, -0.05) is 42.5 Å². The van der Waals surface area contributed by atoms with Gasteiger partial charge in [-0.05, 0) is 52.4 Å². The van der Waals surface area contributed by atoms with Gasteiger partial charge in [0.1, 0.15) is 5.75 Å². The van der Waals surface area contributed by atoms with Crippen LogP contribution < -0.4 is 10.1 Å². The van der Waals surface area contributed by atoms with Gasteiger partial charge in [-0.2, -0.15) is 0 Å². The predicted molar refractivity (Wildman–Crippen MR) is 109 cm³/mol. The summed E-state index contributed by atoms with van der Waals surface area (Å²) in [4.78, 5) is 13.0. The Morgan fingerprint density at radius 2 is 1.74 bits per heavy atom. The van der Waals surface area contributed by atoms with Gasteiger partial charge in [-0.25, -0.2) is 0 Å². The number of fused-ring (bicyclic) bond motifs is 4. The second-order valence-corrected chi connectivity index (χ2v) is 7.32. The van der Waals surface area contributed by atoms with Gasteiger partial charge in [0.2, 0.25) is 0 Å². The van der Waals surface area contributed by atoms with E-state index in [1.807, 2.05) is 12.1 Å². The van der Waals surface area contributed by atoms with E-state index >= 15 is 0 Å². The fourth-order valence-corrected chi connectivity index (χ4v) is 4.45.